The van der Waals surface area contributed by atoms with Gasteiger partial charge in [0.1, 0.15) is 0 Å². The van der Waals surface area contributed by atoms with E-state index in [2.05, 4.69) is 26.6 Å². The monoisotopic (exact) mass is 350 g/mol. The number of piperidine rings is 1. The summed E-state index contributed by atoms with van der Waals surface area (Å²) < 4.78 is 0.948. The lowest BCUT2D eigenvalue weighted by Crippen LogP contribution is -2.57. The normalized spacial score (nSPS) is 24.7. The highest BCUT2D eigenvalue weighted by atomic mass is 79.9. The highest BCUT2D eigenvalue weighted by Crippen LogP contribution is 2.34. The molecule has 0 bridgehead atoms. The molecule has 1 aromatic carbocycles. The van der Waals surface area contributed by atoms with Gasteiger partial charge < -0.3 is 10.6 Å². The van der Waals surface area contributed by atoms with Crippen LogP contribution < -0.4 is 10.6 Å². The zero-order valence-corrected chi connectivity index (χ0v) is 13.9. The molecule has 3 nitrogen and oxygen atoms in total. The van der Waals surface area contributed by atoms with Crippen LogP contribution in [0.1, 0.15) is 55.3 Å². The van der Waals surface area contributed by atoms with Crippen LogP contribution in [0.5, 0.6) is 0 Å². The van der Waals surface area contributed by atoms with Gasteiger partial charge in [-0.1, -0.05) is 41.3 Å². The Kier molecular flexibility index (Phi) is 4.65. The van der Waals surface area contributed by atoms with Crippen molar-refractivity contribution in [3.8, 4) is 0 Å². The summed E-state index contributed by atoms with van der Waals surface area (Å²) in [5.74, 6) is 0.0501. The molecule has 0 aromatic heterocycles. The Labute approximate surface area is 135 Å². The second-order valence-electron chi connectivity index (χ2n) is 6.44. The maximum atomic E-state index is 12.4. The van der Waals surface area contributed by atoms with Gasteiger partial charge in [0.2, 0.25) is 0 Å². The van der Waals surface area contributed by atoms with E-state index in [0.29, 0.717) is 6.04 Å². The molecule has 3 rings (SSSR count). The first-order valence-corrected chi connectivity index (χ1v) is 8.78. The van der Waals surface area contributed by atoms with Gasteiger partial charge in [0.05, 0.1) is 0 Å². The summed E-state index contributed by atoms with van der Waals surface area (Å²) in [6.45, 7) is 1.02. The lowest BCUT2D eigenvalue weighted by atomic mass is 9.75. The fourth-order valence-electron chi connectivity index (χ4n) is 3.79. The molecule has 1 heterocycles. The van der Waals surface area contributed by atoms with Crippen molar-refractivity contribution in [3.63, 3.8) is 0 Å². The average Bonchev–Trinajstić information content (AvgIpc) is 2.48. The minimum absolute atomic E-state index is 0.0501. The number of amides is 1. The first-order valence-electron chi connectivity index (χ1n) is 7.98. The van der Waals surface area contributed by atoms with Crippen molar-refractivity contribution in [3.05, 3.63) is 34.3 Å². The summed E-state index contributed by atoms with van der Waals surface area (Å²) in [5.41, 5.74) is 1.02. The van der Waals surface area contributed by atoms with E-state index in [-0.39, 0.29) is 11.4 Å². The maximum Gasteiger partial charge on any atom is 0.251 e. The fraction of sp³-hybridized carbons (Fsp3) is 0.588. The molecule has 2 aliphatic rings. The van der Waals surface area contributed by atoms with Gasteiger partial charge in [-0.25, -0.2) is 0 Å². The third-order valence-corrected chi connectivity index (χ3v) is 5.36. The SMILES string of the molecule is O=C(NC1CCNC2(CCCCC2)C1)c1cccc(Br)c1. The van der Waals surface area contributed by atoms with Crippen LogP contribution in [0.2, 0.25) is 0 Å². The lowest BCUT2D eigenvalue weighted by molar-refractivity contribution is 0.0892. The molecule has 1 saturated heterocycles. The number of halogens is 1. The van der Waals surface area contributed by atoms with Crippen LogP contribution in [0.4, 0.5) is 0 Å². The average molecular weight is 351 g/mol. The van der Waals surface area contributed by atoms with E-state index in [1.807, 2.05) is 24.3 Å². The zero-order chi connectivity index (χ0) is 14.7. The zero-order valence-electron chi connectivity index (χ0n) is 12.3. The summed E-state index contributed by atoms with van der Waals surface area (Å²) in [7, 11) is 0. The third kappa shape index (κ3) is 3.67. The molecule has 4 heteroatoms. The van der Waals surface area contributed by atoms with Crippen LogP contribution in [0.15, 0.2) is 28.7 Å². The maximum absolute atomic E-state index is 12.4. The van der Waals surface area contributed by atoms with Crippen LogP contribution in [0.25, 0.3) is 0 Å². The van der Waals surface area contributed by atoms with Crippen molar-refractivity contribution in [2.24, 2.45) is 0 Å². The van der Waals surface area contributed by atoms with Gasteiger partial charge in [-0.15, -0.1) is 0 Å². The summed E-state index contributed by atoms with van der Waals surface area (Å²) in [6.07, 6.45) is 8.62. The molecule has 1 amide bonds. The molecule has 0 radical (unpaired) electrons. The van der Waals surface area contributed by atoms with Gasteiger partial charge in [0.15, 0.2) is 0 Å². The number of hydrogen-bond acceptors (Lipinski definition) is 2. The predicted molar refractivity (Wildman–Crippen MR) is 88.4 cm³/mol. The van der Waals surface area contributed by atoms with Crippen LogP contribution in [0.3, 0.4) is 0 Å². The van der Waals surface area contributed by atoms with Crippen molar-refractivity contribution >= 4 is 21.8 Å². The standard InChI is InChI=1S/C17H23BrN2O/c18-14-6-4-5-13(11-14)16(21)20-15-7-10-19-17(12-15)8-2-1-3-9-17/h4-6,11,15,19H,1-3,7-10,12H2,(H,20,21). The Morgan fingerprint density at radius 1 is 1.29 bits per heavy atom. The Hall–Kier alpha value is -0.870. The van der Waals surface area contributed by atoms with Gasteiger partial charge in [0, 0.05) is 21.6 Å². The molecule has 1 aliphatic heterocycles. The second-order valence-corrected chi connectivity index (χ2v) is 7.36. The van der Waals surface area contributed by atoms with E-state index in [4.69, 9.17) is 0 Å². The molecule has 1 saturated carbocycles. The van der Waals surface area contributed by atoms with Crippen LogP contribution >= 0.6 is 15.9 Å². The Morgan fingerprint density at radius 3 is 2.86 bits per heavy atom. The Bertz CT molecular complexity index is 506. The van der Waals surface area contributed by atoms with Crippen molar-refractivity contribution in [2.75, 3.05) is 6.54 Å². The first-order chi connectivity index (χ1) is 10.2. The first kappa shape index (κ1) is 15.0. The van der Waals surface area contributed by atoms with Crippen molar-refractivity contribution in [1.29, 1.82) is 0 Å². The summed E-state index contributed by atoms with van der Waals surface area (Å²) in [4.78, 5) is 12.4. The fourth-order valence-corrected chi connectivity index (χ4v) is 4.19. The minimum Gasteiger partial charge on any atom is -0.349 e. The van der Waals surface area contributed by atoms with Crippen molar-refractivity contribution < 1.29 is 4.79 Å². The van der Waals surface area contributed by atoms with E-state index in [1.54, 1.807) is 0 Å². The number of carbonyl (C=O) groups excluding carboxylic acids is 1. The predicted octanol–water partition coefficient (Wildman–Crippen LogP) is 3.63. The number of rotatable bonds is 2. The second kappa shape index (κ2) is 6.49. The van der Waals surface area contributed by atoms with Gasteiger partial charge in [0.25, 0.3) is 5.91 Å². The van der Waals surface area contributed by atoms with E-state index in [1.165, 1.54) is 32.1 Å². The van der Waals surface area contributed by atoms with Gasteiger partial charge in [-0.3, -0.25) is 4.79 Å². The lowest BCUT2D eigenvalue weighted by Gasteiger charge is -2.44. The Morgan fingerprint density at radius 2 is 2.10 bits per heavy atom. The summed E-state index contributed by atoms with van der Waals surface area (Å²) >= 11 is 3.42. The molecule has 2 fully saturated rings. The van der Waals surface area contributed by atoms with Gasteiger partial charge in [-0.05, 0) is 50.4 Å². The molecule has 1 spiro atoms. The summed E-state index contributed by atoms with van der Waals surface area (Å²) in [5, 5.41) is 6.96. The molecule has 21 heavy (non-hydrogen) atoms. The largest absolute Gasteiger partial charge is 0.349 e. The molecular formula is C17H23BrN2O. The number of benzene rings is 1. The highest BCUT2D eigenvalue weighted by Gasteiger charge is 2.37. The van der Waals surface area contributed by atoms with Crippen LogP contribution in [-0.4, -0.2) is 24.0 Å². The van der Waals surface area contributed by atoms with E-state index < -0.39 is 0 Å². The van der Waals surface area contributed by atoms with Gasteiger partial charge in [-0.2, -0.15) is 0 Å². The van der Waals surface area contributed by atoms with E-state index >= 15 is 0 Å². The Balaban J connectivity index is 1.63. The minimum atomic E-state index is 0.0501. The molecule has 114 valence electrons. The molecular weight excluding hydrogens is 328 g/mol. The van der Waals surface area contributed by atoms with Crippen LogP contribution in [0, 0.1) is 0 Å². The quantitative estimate of drug-likeness (QED) is 0.854. The topological polar surface area (TPSA) is 41.1 Å². The number of hydrogen-bond donors (Lipinski definition) is 2. The molecule has 1 aliphatic carbocycles. The van der Waals surface area contributed by atoms with Crippen LogP contribution in [-0.2, 0) is 0 Å². The van der Waals surface area contributed by atoms with Crippen molar-refractivity contribution in [1.82, 2.24) is 10.6 Å². The van der Waals surface area contributed by atoms with E-state index in [9.17, 15) is 4.79 Å². The van der Waals surface area contributed by atoms with Crippen molar-refractivity contribution in [2.45, 2.75) is 56.5 Å². The molecule has 2 N–H and O–H groups in total. The molecule has 1 unspecified atom stereocenters. The van der Waals surface area contributed by atoms with E-state index in [0.717, 1.165) is 29.4 Å². The highest BCUT2D eigenvalue weighted by molar-refractivity contribution is 9.10. The number of nitrogens with one attached hydrogen (secondary N) is 2. The smallest absolute Gasteiger partial charge is 0.251 e. The molecule has 1 atom stereocenters. The molecule has 1 aromatic rings. The summed E-state index contributed by atoms with van der Waals surface area (Å²) in [6, 6.07) is 7.91. The van der Waals surface area contributed by atoms with Gasteiger partial charge >= 0.3 is 0 Å². The third-order valence-electron chi connectivity index (χ3n) is 4.86. The number of carbonyl (C=O) groups is 1.